The van der Waals surface area contributed by atoms with E-state index < -0.39 is 0 Å². The Balaban J connectivity index is 1.24. The van der Waals surface area contributed by atoms with Gasteiger partial charge in [0.05, 0.1) is 41.1 Å². The second-order valence-corrected chi connectivity index (χ2v) is 11.3. The molecule has 6 heterocycles. The van der Waals surface area contributed by atoms with Crippen LogP contribution in [0.1, 0.15) is 11.3 Å². The smallest absolute Gasteiger partial charge is 0.248 e. The molecule has 38 heavy (non-hydrogen) atoms. The van der Waals surface area contributed by atoms with Crippen molar-refractivity contribution in [3.8, 4) is 11.4 Å². The van der Waals surface area contributed by atoms with Crippen molar-refractivity contribution in [3.05, 3.63) is 41.2 Å². The molecule has 1 N–H and O–H groups in total. The Morgan fingerprint density at radius 3 is 2.92 bits per heavy atom. The molecule has 0 unspecified atom stereocenters. The largest absolute Gasteiger partial charge is 0.378 e. The third-order valence-electron chi connectivity index (χ3n) is 7.92. The van der Waals surface area contributed by atoms with Crippen LogP contribution in [0.25, 0.3) is 32.5 Å². The van der Waals surface area contributed by atoms with E-state index in [2.05, 4.69) is 20.9 Å². The van der Waals surface area contributed by atoms with Gasteiger partial charge < -0.3 is 24.3 Å². The van der Waals surface area contributed by atoms with E-state index in [0.717, 1.165) is 66.1 Å². The predicted molar refractivity (Wildman–Crippen MR) is 144 cm³/mol. The lowest BCUT2D eigenvalue weighted by Crippen LogP contribution is -2.59. The fraction of sp³-hybridized carbons (Fsp3) is 0.444. The van der Waals surface area contributed by atoms with Crippen molar-refractivity contribution < 1.29 is 18.7 Å². The van der Waals surface area contributed by atoms with Crippen molar-refractivity contribution in [1.29, 1.82) is 0 Å². The number of amides is 1. The second-order valence-electron chi connectivity index (χ2n) is 10.2. The first-order valence-corrected chi connectivity index (χ1v) is 13.9. The summed E-state index contributed by atoms with van der Waals surface area (Å²) in [5, 5.41) is 0.770. The molecule has 2 atom stereocenters. The molecule has 1 amide bonds. The van der Waals surface area contributed by atoms with Crippen LogP contribution in [0.2, 0.25) is 0 Å². The zero-order valence-electron chi connectivity index (χ0n) is 21.2. The standard InChI is InChI=1S/C27H29FN6O3S/c1-32-21-5-7-33(14-22(21)37-15-23(32)35)13-16-12-20-25(38-16)27(34-8-10-36-11-9-34)31-26(30-20)24-17-4-6-29-19(17)3-2-18(24)28/h2-4,6,12,21-22,29H,5,7-11,13-15H2,1H3/t21-,22-/m1/s1. The second kappa shape index (κ2) is 9.57. The number of H-pyrrole nitrogens is 1. The van der Waals surface area contributed by atoms with E-state index in [4.69, 9.17) is 19.4 Å². The molecule has 3 saturated heterocycles. The molecule has 9 nitrogen and oxygen atoms in total. The van der Waals surface area contributed by atoms with Gasteiger partial charge in [-0.1, -0.05) is 0 Å². The summed E-state index contributed by atoms with van der Waals surface area (Å²) in [6.45, 7) is 5.32. The predicted octanol–water partition coefficient (Wildman–Crippen LogP) is 3.25. The number of carbonyl (C=O) groups excluding carboxylic acids is 1. The third kappa shape index (κ3) is 4.14. The van der Waals surface area contributed by atoms with Gasteiger partial charge in [0, 0.05) is 61.7 Å². The highest BCUT2D eigenvalue weighted by Crippen LogP contribution is 2.37. The van der Waals surface area contributed by atoms with Crippen LogP contribution < -0.4 is 4.90 Å². The lowest BCUT2D eigenvalue weighted by atomic mass is 9.98. The van der Waals surface area contributed by atoms with Crippen molar-refractivity contribution in [2.45, 2.75) is 25.1 Å². The molecule has 3 aromatic heterocycles. The van der Waals surface area contributed by atoms with Crippen molar-refractivity contribution in [2.24, 2.45) is 0 Å². The van der Waals surface area contributed by atoms with Gasteiger partial charge in [-0.3, -0.25) is 9.69 Å². The topological polar surface area (TPSA) is 86.8 Å². The lowest BCUT2D eigenvalue weighted by Gasteiger charge is -2.45. The van der Waals surface area contributed by atoms with Crippen molar-refractivity contribution in [1.82, 2.24) is 24.8 Å². The summed E-state index contributed by atoms with van der Waals surface area (Å²) in [7, 11) is 1.88. The Labute approximate surface area is 223 Å². The van der Waals surface area contributed by atoms with Crippen LogP contribution in [-0.4, -0.2) is 95.9 Å². The molecule has 4 aromatic rings. The van der Waals surface area contributed by atoms with Gasteiger partial charge in [-0.15, -0.1) is 11.3 Å². The number of ether oxygens (including phenoxy) is 2. The van der Waals surface area contributed by atoms with Crippen molar-refractivity contribution in [3.63, 3.8) is 0 Å². The van der Waals surface area contributed by atoms with Crippen LogP contribution in [0.15, 0.2) is 30.5 Å². The normalized spacial score (nSPS) is 22.9. The number of nitrogens with zero attached hydrogens (tertiary/aromatic N) is 5. The van der Waals surface area contributed by atoms with Crippen LogP contribution in [-0.2, 0) is 20.8 Å². The molecule has 3 aliphatic rings. The van der Waals surface area contributed by atoms with Crippen LogP contribution >= 0.6 is 11.3 Å². The highest BCUT2D eigenvalue weighted by Gasteiger charge is 2.38. The van der Waals surface area contributed by atoms with E-state index >= 15 is 4.39 Å². The minimum absolute atomic E-state index is 0.0287. The molecule has 0 saturated carbocycles. The summed E-state index contributed by atoms with van der Waals surface area (Å²) in [5.41, 5.74) is 2.10. The molecule has 0 radical (unpaired) electrons. The summed E-state index contributed by atoms with van der Waals surface area (Å²) < 4.78 is 27.7. The van der Waals surface area contributed by atoms with Crippen molar-refractivity contribution in [2.75, 3.05) is 57.9 Å². The zero-order valence-corrected chi connectivity index (χ0v) is 22.0. The maximum absolute atomic E-state index is 15.2. The molecule has 0 spiro atoms. The number of rotatable bonds is 4. The van der Waals surface area contributed by atoms with Crippen LogP contribution in [0.5, 0.6) is 0 Å². The maximum atomic E-state index is 15.2. The fourth-order valence-corrected chi connectivity index (χ4v) is 7.04. The first-order valence-electron chi connectivity index (χ1n) is 13.0. The number of halogens is 1. The van der Waals surface area contributed by atoms with Gasteiger partial charge in [-0.2, -0.15) is 0 Å². The molecule has 11 heteroatoms. The van der Waals surface area contributed by atoms with Crippen molar-refractivity contribution >= 4 is 44.2 Å². The number of hydrogen-bond acceptors (Lipinski definition) is 8. The first kappa shape index (κ1) is 24.0. The highest BCUT2D eigenvalue weighted by molar-refractivity contribution is 7.19. The number of nitrogens with one attached hydrogen (secondary N) is 1. The van der Waals surface area contributed by atoms with Gasteiger partial charge in [-0.05, 0) is 30.7 Å². The molecular weight excluding hydrogens is 507 g/mol. The summed E-state index contributed by atoms with van der Waals surface area (Å²) >= 11 is 1.70. The molecule has 0 aliphatic carbocycles. The van der Waals surface area contributed by atoms with Crippen LogP contribution in [0, 0.1) is 5.82 Å². The van der Waals surface area contributed by atoms with Crippen LogP contribution in [0.3, 0.4) is 0 Å². The Bertz CT molecular complexity index is 1520. The highest BCUT2D eigenvalue weighted by atomic mass is 32.1. The Morgan fingerprint density at radius 2 is 2.05 bits per heavy atom. The number of aromatic nitrogens is 3. The number of hydrogen-bond donors (Lipinski definition) is 1. The number of thiophene rings is 1. The number of piperidine rings is 1. The number of aromatic amines is 1. The molecule has 3 fully saturated rings. The molecule has 1 aromatic carbocycles. The fourth-order valence-electron chi connectivity index (χ4n) is 5.88. The number of carbonyl (C=O) groups is 1. The minimum atomic E-state index is -0.335. The summed E-state index contributed by atoms with van der Waals surface area (Å²) in [6.07, 6.45) is 2.73. The Morgan fingerprint density at radius 1 is 1.18 bits per heavy atom. The number of likely N-dealkylation sites (tertiary alicyclic amines) is 1. The van der Waals surface area contributed by atoms with Gasteiger partial charge in [0.2, 0.25) is 5.91 Å². The first-order chi connectivity index (χ1) is 18.5. The Hall–Kier alpha value is -3.12. The van der Waals surface area contributed by atoms with Crippen LogP contribution in [0.4, 0.5) is 10.2 Å². The minimum Gasteiger partial charge on any atom is -0.378 e. The van der Waals surface area contributed by atoms with E-state index in [-0.39, 0.29) is 30.5 Å². The van der Waals surface area contributed by atoms with E-state index in [1.54, 1.807) is 17.4 Å². The van der Waals surface area contributed by atoms with Gasteiger partial charge >= 0.3 is 0 Å². The molecular formula is C27H29FN6O3S. The van der Waals surface area contributed by atoms with E-state index in [1.165, 1.54) is 10.9 Å². The summed E-state index contributed by atoms with van der Waals surface area (Å²) in [4.78, 5) is 32.7. The average molecular weight is 537 g/mol. The van der Waals surface area contributed by atoms with E-state index in [1.807, 2.05) is 24.2 Å². The van der Waals surface area contributed by atoms with Gasteiger partial charge in [-0.25, -0.2) is 14.4 Å². The molecule has 198 valence electrons. The molecule has 0 bridgehead atoms. The zero-order chi connectivity index (χ0) is 25.8. The monoisotopic (exact) mass is 536 g/mol. The number of anilines is 1. The number of morpholine rings is 2. The summed E-state index contributed by atoms with van der Waals surface area (Å²) in [6, 6.07) is 7.34. The Kier molecular flexibility index (Phi) is 6.03. The summed E-state index contributed by atoms with van der Waals surface area (Å²) in [5.74, 6) is 0.959. The molecule has 3 aliphatic heterocycles. The average Bonchev–Trinajstić information content (AvgIpc) is 3.57. The van der Waals surface area contributed by atoms with E-state index in [9.17, 15) is 4.79 Å². The third-order valence-corrected chi connectivity index (χ3v) is 9.03. The maximum Gasteiger partial charge on any atom is 0.248 e. The number of benzene rings is 1. The lowest BCUT2D eigenvalue weighted by molar-refractivity contribution is -0.160. The molecule has 7 rings (SSSR count). The SMILES string of the molecule is CN1C(=O)CO[C@@H]2CN(Cc3cc4nc(-c5c(F)ccc6[nH]ccc56)nc(N5CCOCC5)c4s3)CC[C@H]21. The number of fused-ring (bicyclic) bond motifs is 3. The van der Waals surface area contributed by atoms with Gasteiger partial charge in [0.25, 0.3) is 0 Å². The quantitative estimate of drug-likeness (QED) is 0.429. The van der Waals surface area contributed by atoms with Gasteiger partial charge in [0.15, 0.2) is 11.6 Å². The number of likely N-dealkylation sites (N-methyl/N-ethyl adjacent to an activating group) is 1. The van der Waals surface area contributed by atoms with E-state index in [0.29, 0.717) is 24.6 Å². The van der Waals surface area contributed by atoms with Gasteiger partial charge in [0.1, 0.15) is 12.4 Å².